The standard InChI is InChI=1S/C18H21NO/c1-13-11-12-15-7-3-5-9-17(15)19(13)18-10-6-4-8-16(18)14(2)20/h3-10,13-14,20H,11-12H2,1-2H3. The first-order chi connectivity index (χ1) is 9.68. The van der Waals surface area contributed by atoms with Crippen LogP contribution in [-0.2, 0) is 6.42 Å². The smallest absolute Gasteiger partial charge is 0.0782 e. The highest BCUT2D eigenvalue weighted by molar-refractivity contribution is 5.71. The van der Waals surface area contributed by atoms with E-state index in [0.29, 0.717) is 6.04 Å². The number of aliphatic hydroxyl groups excluding tert-OH is 1. The Bertz CT molecular complexity index is 606. The highest BCUT2D eigenvalue weighted by atomic mass is 16.3. The van der Waals surface area contributed by atoms with E-state index >= 15 is 0 Å². The van der Waals surface area contributed by atoms with E-state index in [9.17, 15) is 5.11 Å². The molecule has 1 heterocycles. The van der Waals surface area contributed by atoms with E-state index in [1.54, 1.807) is 0 Å². The van der Waals surface area contributed by atoms with Gasteiger partial charge in [-0.3, -0.25) is 0 Å². The van der Waals surface area contributed by atoms with Gasteiger partial charge >= 0.3 is 0 Å². The molecule has 1 N–H and O–H groups in total. The average Bonchev–Trinajstić information content (AvgIpc) is 2.47. The molecule has 104 valence electrons. The van der Waals surface area contributed by atoms with Crippen molar-refractivity contribution in [3.8, 4) is 0 Å². The third kappa shape index (κ3) is 2.20. The minimum absolute atomic E-state index is 0.449. The van der Waals surface area contributed by atoms with Crippen molar-refractivity contribution < 1.29 is 5.11 Å². The molecule has 0 aliphatic carbocycles. The lowest BCUT2D eigenvalue weighted by Gasteiger charge is -2.38. The number of fused-ring (bicyclic) bond motifs is 1. The van der Waals surface area contributed by atoms with Crippen LogP contribution in [0, 0.1) is 0 Å². The number of anilines is 2. The van der Waals surface area contributed by atoms with Crippen LogP contribution >= 0.6 is 0 Å². The van der Waals surface area contributed by atoms with Gasteiger partial charge in [-0.15, -0.1) is 0 Å². The first-order valence-electron chi connectivity index (χ1n) is 7.32. The van der Waals surface area contributed by atoms with Gasteiger partial charge in [-0.05, 0) is 44.4 Å². The van der Waals surface area contributed by atoms with Crippen LogP contribution in [0.1, 0.15) is 37.5 Å². The largest absolute Gasteiger partial charge is 0.389 e. The molecule has 1 aliphatic heterocycles. The minimum Gasteiger partial charge on any atom is -0.389 e. The Labute approximate surface area is 120 Å². The SMILES string of the molecule is CC(O)c1ccccc1N1c2ccccc2CCC1C. The van der Waals surface area contributed by atoms with E-state index in [-0.39, 0.29) is 0 Å². The molecule has 3 rings (SSSR count). The molecular formula is C18H21NO. The van der Waals surface area contributed by atoms with Gasteiger partial charge in [-0.25, -0.2) is 0 Å². The fourth-order valence-electron chi connectivity index (χ4n) is 3.12. The number of aryl methyl sites for hydroxylation is 1. The maximum Gasteiger partial charge on any atom is 0.0782 e. The maximum absolute atomic E-state index is 10.0. The summed E-state index contributed by atoms with van der Waals surface area (Å²) in [5.74, 6) is 0. The molecule has 0 spiro atoms. The molecule has 2 aromatic rings. The second kappa shape index (κ2) is 5.29. The molecule has 0 radical (unpaired) electrons. The summed E-state index contributed by atoms with van der Waals surface area (Å²) in [6.45, 7) is 4.09. The van der Waals surface area contributed by atoms with Gasteiger partial charge < -0.3 is 10.0 Å². The summed E-state index contributed by atoms with van der Waals surface area (Å²) in [7, 11) is 0. The quantitative estimate of drug-likeness (QED) is 0.881. The minimum atomic E-state index is -0.451. The normalized spacial score (nSPS) is 19.6. The van der Waals surface area contributed by atoms with Crippen molar-refractivity contribution in [2.45, 2.75) is 38.8 Å². The Balaban J connectivity index is 2.14. The predicted octanol–water partition coefficient (Wildman–Crippen LogP) is 4.21. The third-order valence-electron chi connectivity index (χ3n) is 4.17. The van der Waals surface area contributed by atoms with Gasteiger partial charge in [0, 0.05) is 23.0 Å². The Kier molecular flexibility index (Phi) is 3.49. The van der Waals surface area contributed by atoms with Crippen LogP contribution < -0.4 is 4.90 Å². The second-order valence-electron chi connectivity index (χ2n) is 5.62. The van der Waals surface area contributed by atoms with Crippen LogP contribution in [0.15, 0.2) is 48.5 Å². The highest BCUT2D eigenvalue weighted by Gasteiger charge is 2.26. The Morgan fingerprint density at radius 3 is 2.45 bits per heavy atom. The lowest BCUT2D eigenvalue weighted by atomic mass is 9.94. The topological polar surface area (TPSA) is 23.5 Å². The molecule has 2 heteroatoms. The predicted molar refractivity (Wildman–Crippen MR) is 83.4 cm³/mol. The molecule has 2 unspecified atom stereocenters. The summed E-state index contributed by atoms with van der Waals surface area (Å²) in [5.41, 5.74) is 4.79. The summed E-state index contributed by atoms with van der Waals surface area (Å²) in [6, 6.07) is 17.2. The number of para-hydroxylation sites is 2. The van der Waals surface area contributed by atoms with Crippen molar-refractivity contribution in [2.24, 2.45) is 0 Å². The van der Waals surface area contributed by atoms with Gasteiger partial charge in [0.05, 0.1) is 6.10 Å². The first kappa shape index (κ1) is 13.2. The number of hydrogen-bond donors (Lipinski definition) is 1. The van der Waals surface area contributed by atoms with Crippen molar-refractivity contribution in [1.82, 2.24) is 0 Å². The molecule has 2 aromatic carbocycles. The van der Waals surface area contributed by atoms with Crippen molar-refractivity contribution in [2.75, 3.05) is 4.90 Å². The lowest BCUT2D eigenvalue weighted by molar-refractivity contribution is 0.199. The van der Waals surface area contributed by atoms with Crippen LogP contribution in [0.3, 0.4) is 0 Å². The number of rotatable bonds is 2. The van der Waals surface area contributed by atoms with E-state index in [2.05, 4.69) is 42.2 Å². The number of benzene rings is 2. The molecule has 2 nitrogen and oxygen atoms in total. The molecule has 0 amide bonds. The van der Waals surface area contributed by atoms with Gasteiger partial charge in [0.15, 0.2) is 0 Å². The van der Waals surface area contributed by atoms with Crippen LogP contribution in [-0.4, -0.2) is 11.1 Å². The fourth-order valence-corrected chi connectivity index (χ4v) is 3.12. The molecule has 0 fully saturated rings. The first-order valence-corrected chi connectivity index (χ1v) is 7.32. The lowest BCUT2D eigenvalue weighted by Crippen LogP contribution is -2.34. The molecule has 20 heavy (non-hydrogen) atoms. The van der Waals surface area contributed by atoms with Crippen molar-refractivity contribution in [3.63, 3.8) is 0 Å². The fraction of sp³-hybridized carbons (Fsp3) is 0.333. The zero-order valence-corrected chi connectivity index (χ0v) is 12.1. The Morgan fingerprint density at radius 1 is 1.05 bits per heavy atom. The van der Waals surface area contributed by atoms with Crippen LogP contribution in [0.25, 0.3) is 0 Å². The summed E-state index contributed by atoms with van der Waals surface area (Å²) < 4.78 is 0. The highest BCUT2D eigenvalue weighted by Crippen LogP contribution is 2.39. The second-order valence-corrected chi connectivity index (χ2v) is 5.62. The van der Waals surface area contributed by atoms with Crippen molar-refractivity contribution in [1.29, 1.82) is 0 Å². The molecule has 2 atom stereocenters. The van der Waals surface area contributed by atoms with Gasteiger partial charge in [0.25, 0.3) is 0 Å². The van der Waals surface area contributed by atoms with Crippen molar-refractivity contribution >= 4 is 11.4 Å². The van der Waals surface area contributed by atoms with Crippen LogP contribution in [0.4, 0.5) is 11.4 Å². The van der Waals surface area contributed by atoms with Gasteiger partial charge in [0.1, 0.15) is 0 Å². The molecule has 0 bridgehead atoms. The van der Waals surface area contributed by atoms with E-state index < -0.39 is 6.10 Å². The average molecular weight is 267 g/mol. The van der Waals surface area contributed by atoms with Crippen LogP contribution in [0.5, 0.6) is 0 Å². The molecule has 0 saturated heterocycles. The summed E-state index contributed by atoms with van der Waals surface area (Å²) >= 11 is 0. The molecule has 0 aromatic heterocycles. The Morgan fingerprint density at radius 2 is 1.70 bits per heavy atom. The van der Waals surface area contributed by atoms with Crippen LogP contribution in [0.2, 0.25) is 0 Å². The maximum atomic E-state index is 10.0. The van der Waals surface area contributed by atoms with E-state index in [1.807, 2.05) is 25.1 Å². The zero-order chi connectivity index (χ0) is 14.1. The zero-order valence-electron chi connectivity index (χ0n) is 12.1. The van der Waals surface area contributed by atoms with Crippen molar-refractivity contribution in [3.05, 3.63) is 59.7 Å². The molecule has 1 aliphatic rings. The van der Waals surface area contributed by atoms with E-state index in [0.717, 1.165) is 24.1 Å². The van der Waals surface area contributed by atoms with E-state index in [1.165, 1.54) is 11.3 Å². The van der Waals surface area contributed by atoms with E-state index in [4.69, 9.17) is 0 Å². The number of aliphatic hydroxyl groups is 1. The van der Waals surface area contributed by atoms with Gasteiger partial charge in [0.2, 0.25) is 0 Å². The Hall–Kier alpha value is -1.80. The molecular weight excluding hydrogens is 246 g/mol. The number of nitrogens with zero attached hydrogens (tertiary/aromatic N) is 1. The summed E-state index contributed by atoms with van der Waals surface area (Å²) in [6.07, 6.45) is 1.82. The van der Waals surface area contributed by atoms with Gasteiger partial charge in [-0.1, -0.05) is 36.4 Å². The third-order valence-corrected chi connectivity index (χ3v) is 4.17. The summed E-state index contributed by atoms with van der Waals surface area (Å²) in [4.78, 5) is 2.38. The number of hydrogen-bond acceptors (Lipinski definition) is 2. The monoisotopic (exact) mass is 267 g/mol. The molecule has 0 saturated carbocycles. The summed E-state index contributed by atoms with van der Waals surface area (Å²) in [5, 5.41) is 10.0. The van der Waals surface area contributed by atoms with Gasteiger partial charge in [-0.2, -0.15) is 0 Å².